The van der Waals surface area contributed by atoms with Crippen LogP contribution in [0.5, 0.6) is 0 Å². The fourth-order valence-corrected chi connectivity index (χ4v) is 1.06. The highest BCUT2D eigenvalue weighted by Crippen LogP contribution is 1.96. The summed E-state index contributed by atoms with van der Waals surface area (Å²) in [5.74, 6) is 0. The van der Waals surface area contributed by atoms with Gasteiger partial charge in [0.05, 0.1) is 0 Å². The Morgan fingerprint density at radius 3 is 1.62 bits per heavy atom. The van der Waals surface area contributed by atoms with Crippen LogP contribution in [0.3, 0.4) is 0 Å². The van der Waals surface area contributed by atoms with Gasteiger partial charge in [0.25, 0.3) is 0 Å². The van der Waals surface area contributed by atoms with Crippen LogP contribution in [0, 0.1) is 0 Å². The van der Waals surface area contributed by atoms with Gasteiger partial charge in [-0.25, -0.2) is 0 Å². The lowest BCUT2D eigenvalue weighted by atomic mass is 10.2. The lowest BCUT2D eigenvalue weighted by Crippen LogP contribution is -1.62. The summed E-state index contributed by atoms with van der Waals surface area (Å²) >= 11 is 0. The highest BCUT2D eigenvalue weighted by atomic mass is 13.8. The fraction of sp³-hybridized carbons (Fsp3) is 0.231. The highest BCUT2D eigenvalue weighted by molar-refractivity contribution is 5.13. The van der Waals surface area contributed by atoms with Crippen LogP contribution in [0.25, 0.3) is 0 Å². The van der Waals surface area contributed by atoms with E-state index in [1.807, 2.05) is 0 Å². The second-order valence-electron chi connectivity index (χ2n) is 2.91. The van der Waals surface area contributed by atoms with Crippen molar-refractivity contribution >= 4 is 0 Å². The average molecular weight is 172 g/mol. The third-order valence-corrected chi connectivity index (χ3v) is 1.76. The van der Waals surface area contributed by atoms with Gasteiger partial charge in [0.2, 0.25) is 0 Å². The second-order valence-corrected chi connectivity index (χ2v) is 2.91. The maximum atomic E-state index is 2.20. The van der Waals surface area contributed by atoms with Crippen LogP contribution in [0.15, 0.2) is 60.8 Å². The molecule has 0 saturated heterocycles. The maximum absolute atomic E-state index is 2.20. The van der Waals surface area contributed by atoms with Gasteiger partial charge in [0.15, 0.2) is 0 Å². The quantitative estimate of drug-likeness (QED) is 0.519. The van der Waals surface area contributed by atoms with Gasteiger partial charge in [0, 0.05) is 0 Å². The summed E-state index contributed by atoms with van der Waals surface area (Å²) in [6.07, 6.45) is 24.5. The number of hydrogen-bond donors (Lipinski definition) is 0. The van der Waals surface area contributed by atoms with Crippen LogP contribution in [0.4, 0.5) is 0 Å². The lowest BCUT2D eigenvalue weighted by molar-refractivity contribution is 1.05. The van der Waals surface area contributed by atoms with Crippen molar-refractivity contribution < 1.29 is 0 Å². The Kier molecular flexibility index (Phi) is 5.54. The molecule has 0 unspecified atom stereocenters. The van der Waals surface area contributed by atoms with E-state index in [1.54, 1.807) is 0 Å². The molecular weight excluding hydrogens is 156 g/mol. The summed E-state index contributed by atoms with van der Waals surface area (Å²) in [4.78, 5) is 0. The molecule has 0 spiro atoms. The zero-order chi connectivity index (χ0) is 9.19. The fourth-order valence-electron chi connectivity index (χ4n) is 1.06. The summed E-state index contributed by atoms with van der Waals surface area (Å²) in [5, 5.41) is 0. The topological polar surface area (TPSA) is 0 Å². The van der Waals surface area contributed by atoms with Gasteiger partial charge in [-0.1, -0.05) is 60.8 Å². The molecule has 0 radical (unpaired) electrons. The summed E-state index contributed by atoms with van der Waals surface area (Å²) < 4.78 is 0. The summed E-state index contributed by atoms with van der Waals surface area (Å²) in [6, 6.07) is 0. The van der Waals surface area contributed by atoms with E-state index >= 15 is 0 Å². The molecular formula is C13H16. The van der Waals surface area contributed by atoms with Gasteiger partial charge in [0.1, 0.15) is 0 Å². The van der Waals surface area contributed by atoms with E-state index in [1.165, 1.54) is 0 Å². The molecule has 1 aliphatic carbocycles. The van der Waals surface area contributed by atoms with Crippen LogP contribution < -0.4 is 0 Å². The minimum absolute atomic E-state index is 1.01. The summed E-state index contributed by atoms with van der Waals surface area (Å²) in [7, 11) is 0. The predicted octanol–water partition coefficient (Wildman–Crippen LogP) is 3.95. The first-order chi connectivity index (χ1) is 6.50. The predicted molar refractivity (Wildman–Crippen MR) is 59.6 cm³/mol. The smallest absolute Gasteiger partial charge is 0.0163 e. The first-order valence-corrected chi connectivity index (χ1v) is 4.80. The molecule has 0 aromatic heterocycles. The third kappa shape index (κ3) is 5.92. The number of allylic oxidation sites excluding steroid dienone is 10. The Hall–Kier alpha value is -1.30. The maximum Gasteiger partial charge on any atom is -0.0163 e. The third-order valence-electron chi connectivity index (χ3n) is 1.76. The van der Waals surface area contributed by atoms with E-state index in [0.717, 1.165) is 19.3 Å². The normalized spacial score (nSPS) is 25.2. The standard InChI is InChI=1S/C13H16/c1-2-4-6-8-10-12-13-11-9-7-5-3-1/h1-6,9,11-13H,7-8,10H2/b2-1+,5-3-,6-4+,11-9?,13-12?. The first kappa shape index (κ1) is 9.79. The largest absolute Gasteiger partial charge is 0.0842 e. The van der Waals surface area contributed by atoms with Crippen molar-refractivity contribution in [3.8, 4) is 0 Å². The molecule has 0 atom stereocenters. The van der Waals surface area contributed by atoms with Gasteiger partial charge in [-0.05, 0) is 19.3 Å². The van der Waals surface area contributed by atoms with Gasteiger partial charge in [-0.15, -0.1) is 0 Å². The summed E-state index contributed by atoms with van der Waals surface area (Å²) in [5.41, 5.74) is 0. The lowest BCUT2D eigenvalue weighted by Gasteiger charge is -1.83. The van der Waals surface area contributed by atoms with Gasteiger partial charge < -0.3 is 0 Å². The molecule has 0 bridgehead atoms. The van der Waals surface area contributed by atoms with Crippen LogP contribution in [-0.2, 0) is 0 Å². The molecule has 13 heavy (non-hydrogen) atoms. The van der Waals surface area contributed by atoms with Crippen molar-refractivity contribution in [2.75, 3.05) is 0 Å². The molecule has 0 aliphatic heterocycles. The second kappa shape index (κ2) is 7.35. The van der Waals surface area contributed by atoms with E-state index in [0.29, 0.717) is 0 Å². The molecule has 0 saturated carbocycles. The van der Waals surface area contributed by atoms with E-state index < -0.39 is 0 Å². The van der Waals surface area contributed by atoms with Crippen molar-refractivity contribution in [2.24, 2.45) is 0 Å². The first-order valence-electron chi connectivity index (χ1n) is 4.80. The molecule has 1 rings (SSSR count). The minimum atomic E-state index is 1.01. The monoisotopic (exact) mass is 172 g/mol. The number of hydrogen-bond acceptors (Lipinski definition) is 0. The van der Waals surface area contributed by atoms with Crippen LogP contribution in [0.2, 0.25) is 0 Å². The molecule has 0 heteroatoms. The molecule has 0 N–H and O–H groups in total. The Balaban J connectivity index is 2.49. The van der Waals surface area contributed by atoms with E-state index in [4.69, 9.17) is 0 Å². The van der Waals surface area contributed by atoms with Crippen LogP contribution >= 0.6 is 0 Å². The van der Waals surface area contributed by atoms with Crippen molar-refractivity contribution in [2.45, 2.75) is 19.3 Å². The van der Waals surface area contributed by atoms with Crippen molar-refractivity contribution in [1.82, 2.24) is 0 Å². The Labute approximate surface area is 80.7 Å². The zero-order valence-electron chi connectivity index (χ0n) is 7.89. The van der Waals surface area contributed by atoms with Crippen LogP contribution in [0.1, 0.15) is 19.3 Å². The Morgan fingerprint density at radius 2 is 0.923 bits per heavy atom. The van der Waals surface area contributed by atoms with Gasteiger partial charge >= 0.3 is 0 Å². The molecule has 0 nitrogen and oxygen atoms in total. The SMILES string of the molecule is C1=CC\C=C/C=C/C=C/CCC=C1. The Morgan fingerprint density at radius 1 is 0.462 bits per heavy atom. The molecule has 68 valence electrons. The van der Waals surface area contributed by atoms with Crippen molar-refractivity contribution in [3.05, 3.63) is 60.8 Å². The van der Waals surface area contributed by atoms with E-state index in [2.05, 4.69) is 60.8 Å². The molecule has 0 fully saturated rings. The molecule has 0 heterocycles. The molecule has 0 aromatic carbocycles. The molecule has 1 aliphatic rings. The van der Waals surface area contributed by atoms with E-state index in [-0.39, 0.29) is 0 Å². The zero-order valence-corrected chi connectivity index (χ0v) is 7.89. The van der Waals surface area contributed by atoms with Crippen molar-refractivity contribution in [1.29, 1.82) is 0 Å². The minimum Gasteiger partial charge on any atom is -0.0842 e. The number of rotatable bonds is 0. The van der Waals surface area contributed by atoms with Crippen LogP contribution in [-0.4, -0.2) is 0 Å². The van der Waals surface area contributed by atoms with Gasteiger partial charge in [-0.2, -0.15) is 0 Å². The molecule has 0 aromatic rings. The van der Waals surface area contributed by atoms with Gasteiger partial charge in [-0.3, -0.25) is 0 Å². The average Bonchev–Trinajstić information content (AvgIpc) is 2.18. The summed E-state index contributed by atoms with van der Waals surface area (Å²) in [6.45, 7) is 0. The Bertz CT molecular complexity index is 249. The molecule has 0 amide bonds. The van der Waals surface area contributed by atoms with Crippen molar-refractivity contribution in [3.63, 3.8) is 0 Å². The van der Waals surface area contributed by atoms with E-state index in [9.17, 15) is 0 Å². The highest BCUT2D eigenvalue weighted by Gasteiger charge is 1.75.